The molecule has 38 heavy (non-hydrogen) atoms. The number of amidine groups is 1. The van der Waals surface area contributed by atoms with Gasteiger partial charge in [0.2, 0.25) is 5.88 Å². The van der Waals surface area contributed by atoms with Crippen molar-refractivity contribution in [2.75, 3.05) is 4.72 Å². The number of carbonyl (C=O) groups is 1. The van der Waals surface area contributed by atoms with Crippen LogP contribution in [0.25, 0.3) is 11.1 Å². The van der Waals surface area contributed by atoms with Crippen molar-refractivity contribution in [1.82, 2.24) is 10.1 Å². The van der Waals surface area contributed by atoms with Crippen LogP contribution in [0.1, 0.15) is 68.7 Å². The fourth-order valence-corrected chi connectivity index (χ4v) is 6.57. The summed E-state index contributed by atoms with van der Waals surface area (Å²) >= 11 is 0. The van der Waals surface area contributed by atoms with Gasteiger partial charge in [0, 0.05) is 17.5 Å². The number of aliphatic imine (C=N–C) groups is 1. The maximum Gasteiger partial charge on any atom is 0.264 e. The zero-order valence-corrected chi connectivity index (χ0v) is 23.0. The standard InChI is InChI=1S/C29H34N4O4S/c1-4-5-12-26-30-29(17-8-9-18-29)28(34)33(26)19-22-13-15-23(16-14-22)24-10-6-7-11-25(24)38(35,36)32-27-20(2)21(3)31-37-27/h6-7,10-11,13-16,32H,4-5,8-9,12,17-19H2,1-3H3. The number of hydrogen-bond acceptors (Lipinski definition) is 6. The molecule has 0 unspecified atom stereocenters. The van der Waals surface area contributed by atoms with Crippen molar-refractivity contribution in [3.63, 3.8) is 0 Å². The number of nitrogens with one attached hydrogen (secondary N) is 1. The summed E-state index contributed by atoms with van der Waals surface area (Å²) in [6.07, 6.45) is 6.63. The van der Waals surface area contributed by atoms with E-state index in [9.17, 15) is 13.2 Å². The maximum atomic E-state index is 13.5. The van der Waals surface area contributed by atoms with Crippen molar-refractivity contribution in [2.45, 2.75) is 82.7 Å². The van der Waals surface area contributed by atoms with E-state index >= 15 is 0 Å². The fraction of sp³-hybridized carbons (Fsp3) is 0.414. The molecule has 200 valence electrons. The second-order valence-corrected chi connectivity index (χ2v) is 11.9. The van der Waals surface area contributed by atoms with Gasteiger partial charge in [-0.1, -0.05) is 73.8 Å². The molecule has 1 spiro atoms. The van der Waals surface area contributed by atoms with Crippen LogP contribution in [0.15, 0.2) is 62.9 Å². The molecule has 0 radical (unpaired) electrons. The minimum atomic E-state index is -3.92. The van der Waals surface area contributed by atoms with Crippen LogP contribution < -0.4 is 4.72 Å². The van der Waals surface area contributed by atoms with Gasteiger partial charge in [-0.2, -0.15) is 0 Å². The lowest BCUT2D eigenvalue weighted by molar-refractivity contribution is -0.131. The van der Waals surface area contributed by atoms with E-state index in [2.05, 4.69) is 16.8 Å². The van der Waals surface area contributed by atoms with E-state index in [0.29, 0.717) is 23.4 Å². The third kappa shape index (κ3) is 4.87. The van der Waals surface area contributed by atoms with Gasteiger partial charge < -0.3 is 4.52 Å². The van der Waals surface area contributed by atoms with Crippen molar-refractivity contribution < 1.29 is 17.7 Å². The number of aromatic nitrogens is 1. The largest absolute Gasteiger partial charge is 0.337 e. The molecule has 0 atom stereocenters. The summed E-state index contributed by atoms with van der Waals surface area (Å²) in [7, 11) is -3.92. The van der Waals surface area contributed by atoms with Crippen molar-refractivity contribution in [3.05, 3.63) is 65.4 Å². The van der Waals surface area contributed by atoms with Crippen LogP contribution in [0.2, 0.25) is 0 Å². The number of sulfonamides is 1. The Morgan fingerprint density at radius 2 is 1.76 bits per heavy atom. The van der Waals surface area contributed by atoms with Crippen molar-refractivity contribution in [3.8, 4) is 11.1 Å². The summed E-state index contributed by atoms with van der Waals surface area (Å²) in [4.78, 5) is 20.4. The van der Waals surface area contributed by atoms with Gasteiger partial charge in [0.1, 0.15) is 11.4 Å². The topological polar surface area (TPSA) is 105 Å². The molecule has 1 saturated carbocycles. The third-order valence-corrected chi connectivity index (χ3v) is 9.04. The molecule has 2 aliphatic rings. The molecule has 1 N–H and O–H groups in total. The Morgan fingerprint density at radius 3 is 2.42 bits per heavy atom. The zero-order valence-electron chi connectivity index (χ0n) is 22.2. The van der Waals surface area contributed by atoms with E-state index in [1.807, 2.05) is 35.2 Å². The number of nitrogens with zero attached hydrogens (tertiary/aromatic N) is 3. The van der Waals surface area contributed by atoms with Crippen molar-refractivity contribution in [2.24, 2.45) is 4.99 Å². The molecule has 1 aliphatic heterocycles. The minimum absolute atomic E-state index is 0.114. The Hall–Kier alpha value is -3.46. The van der Waals surface area contributed by atoms with Gasteiger partial charge in [0.25, 0.3) is 15.9 Å². The highest BCUT2D eigenvalue weighted by atomic mass is 32.2. The van der Waals surface area contributed by atoms with Gasteiger partial charge >= 0.3 is 0 Å². The van der Waals surface area contributed by atoms with Crippen LogP contribution in [0, 0.1) is 13.8 Å². The van der Waals surface area contributed by atoms with Crippen LogP contribution in [-0.4, -0.2) is 35.8 Å². The van der Waals surface area contributed by atoms with Crippen LogP contribution in [0.3, 0.4) is 0 Å². The summed E-state index contributed by atoms with van der Waals surface area (Å²) in [6.45, 7) is 6.13. The van der Waals surface area contributed by atoms with Crippen molar-refractivity contribution in [1.29, 1.82) is 0 Å². The first-order chi connectivity index (χ1) is 18.2. The van der Waals surface area contributed by atoms with Gasteiger partial charge in [0.05, 0.1) is 17.1 Å². The summed E-state index contributed by atoms with van der Waals surface area (Å²) in [5.74, 6) is 1.15. The first-order valence-electron chi connectivity index (χ1n) is 13.3. The molecule has 0 bridgehead atoms. The molecular formula is C29H34N4O4S. The molecule has 8 nitrogen and oxygen atoms in total. The predicted molar refractivity (Wildman–Crippen MR) is 147 cm³/mol. The summed E-state index contributed by atoms with van der Waals surface area (Å²) in [6, 6.07) is 14.6. The Balaban J connectivity index is 1.38. The van der Waals surface area contributed by atoms with E-state index in [1.165, 1.54) is 0 Å². The number of carbonyl (C=O) groups excluding carboxylic acids is 1. The first-order valence-corrected chi connectivity index (χ1v) is 14.8. The molecule has 1 fully saturated rings. The molecule has 5 rings (SSSR count). The molecule has 2 aromatic carbocycles. The minimum Gasteiger partial charge on any atom is -0.337 e. The van der Waals surface area contributed by atoms with Gasteiger partial charge in [-0.15, -0.1) is 0 Å². The van der Waals surface area contributed by atoms with E-state index in [-0.39, 0.29) is 16.7 Å². The number of unbranched alkanes of at least 4 members (excludes halogenated alkanes) is 1. The number of anilines is 1. The van der Waals surface area contributed by atoms with Crippen LogP contribution in [-0.2, 0) is 21.4 Å². The summed E-state index contributed by atoms with van der Waals surface area (Å²) in [5, 5.41) is 3.84. The van der Waals surface area contributed by atoms with Gasteiger partial charge in [0.15, 0.2) is 0 Å². The van der Waals surface area contributed by atoms with Gasteiger partial charge in [-0.3, -0.25) is 14.7 Å². The van der Waals surface area contributed by atoms with Crippen LogP contribution in [0.4, 0.5) is 5.88 Å². The Labute approximate surface area is 224 Å². The second-order valence-electron chi connectivity index (χ2n) is 10.3. The lowest BCUT2D eigenvalue weighted by atomic mass is 9.98. The highest BCUT2D eigenvalue weighted by Gasteiger charge is 2.49. The quantitative estimate of drug-likeness (QED) is 0.362. The monoisotopic (exact) mass is 534 g/mol. The predicted octanol–water partition coefficient (Wildman–Crippen LogP) is 6.00. The summed E-state index contributed by atoms with van der Waals surface area (Å²) < 4.78 is 34.3. The van der Waals surface area contributed by atoms with Gasteiger partial charge in [-0.25, -0.2) is 13.1 Å². The third-order valence-electron chi connectivity index (χ3n) is 7.65. The normalized spacial score (nSPS) is 16.9. The average Bonchev–Trinajstić information content (AvgIpc) is 3.59. The molecule has 3 aromatic rings. The molecule has 1 amide bonds. The Kier molecular flexibility index (Phi) is 7.13. The van der Waals surface area contributed by atoms with E-state index < -0.39 is 15.6 Å². The smallest absolute Gasteiger partial charge is 0.264 e. The number of rotatable bonds is 9. The summed E-state index contributed by atoms with van der Waals surface area (Å²) in [5.41, 5.74) is 3.04. The van der Waals surface area contributed by atoms with E-state index in [4.69, 9.17) is 9.52 Å². The molecule has 9 heteroatoms. The fourth-order valence-electron chi connectivity index (χ4n) is 5.30. The zero-order chi connectivity index (χ0) is 26.9. The molecule has 0 saturated heterocycles. The number of amides is 1. The average molecular weight is 535 g/mol. The van der Waals surface area contributed by atoms with E-state index in [1.54, 1.807) is 32.0 Å². The second kappa shape index (κ2) is 10.4. The molecule has 1 aliphatic carbocycles. The van der Waals surface area contributed by atoms with Gasteiger partial charge in [-0.05, 0) is 50.3 Å². The molecule has 2 heterocycles. The van der Waals surface area contributed by atoms with Crippen molar-refractivity contribution >= 4 is 27.7 Å². The highest BCUT2D eigenvalue weighted by Crippen LogP contribution is 2.40. The Morgan fingerprint density at radius 1 is 1.05 bits per heavy atom. The lowest BCUT2D eigenvalue weighted by Crippen LogP contribution is -2.40. The SMILES string of the molecule is CCCCC1=NC2(CCCC2)C(=O)N1Cc1ccc(-c2ccccc2S(=O)(=O)Nc2onc(C)c2C)cc1. The highest BCUT2D eigenvalue weighted by molar-refractivity contribution is 7.92. The first kappa shape index (κ1) is 26.2. The molecular weight excluding hydrogens is 500 g/mol. The number of benzene rings is 2. The Bertz CT molecular complexity index is 1470. The maximum absolute atomic E-state index is 13.5. The van der Waals surface area contributed by atoms with Crippen LogP contribution in [0.5, 0.6) is 0 Å². The number of hydrogen-bond donors (Lipinski definition) is 1. The lowest BCUT2D eigenvalue weighted by Gasteiger charge is -2.23. The van der Waals surface area contributed by atoms with Crippen LogP contribution >= 0.6 is 0 Å². The number of aryl methyl sites for hydroxylation is 1. The van der Waals surface area contributed by atoms with E-state index in [0.717, 1.165) is 61.9 Å². The molecule has 1 aromatic heterocycles.